The molecule has 0 unspecified atom stereocenters. The molecule has 0 saturated heterocycles. The highest BCUT2D eigenvalue weighted by Crippen LogP contribution is 2.30. The van der Waals surface area contributed by atoms with Gasteiger partial charge in [-0.2, -0.15) is 0 Å². The smallest absolute Gasteiger partial charge is 0.103 e. The number of rotatable bonds is 3. The van der Waals surface area contributed by atoms with E-state index >= 15 is 0 Å². The summed E-state index contributed by atoms with van der Waals surface area (Å²) in [6, 6.07) is 30.4. The van der Waals surface area contributed by atoms with Gasteiger partial charge in [0.1, 0.15) is 0 Å². The first-order valence-electron chi connectivity index (χ1n) is 8.73. The highest BCUT2D eigenvalue weighted by Gasteiger charge is 2.27. The fourth-order valence-electron chi connectivity index (χ4n) is 2.20. The van der Waals surface area contributed by atoms with Gasteiger partial charge >= 0.3 is 0 Å². The lowest BCUT2D eigenvalue weighted by atomic mass is 10.2. The first-order valence-corrected chi connectivity index (χ1v) is 9.95. The third-order valence-corrected chi connectivity index (χ3v) is 5.45. The molecule has 0 aromatic heterocycles. The lowest BCUT2D eigenvalue weighted by Crippen LogP contribution is -2.04. The molecule has 0 N–H and O–H groups in total. The summed E-state index contributed by atoms with van der Waals surface area (Å²) in [6.45, 7) is 12.6. The Morgan fingerprint density at radius 3 is 1.23 bits per heavy atom. The Balaban J connectivity index is 0.000000499. The van der Waals surface area contributed by atoms with E-state index < -0.39 is 0 Å². The summed E-state index contributed by atoms with van der Waals surface area (Å²) in [6.07, 6.45) is 3.50. The number of benzene rings is 3. The van der Waals surface area contributed by atoms with Crippen molar-refractivity contribution in [1.29, 1.82) is 0 Å². The molecule has 1 heteroatoms. The van der Waals surface area contributed by atoms with Crippen molar-refractivity contribution in [1.82, 2.24) is 0 Å². The Morgan fingerprint density at radius 2 is 0.885 bits per heavy atom. The Bertz CT molecular complexity index is 698. The first kappa shape index (κ1) is 21.5. The van der Waals surface area contributed by atoms with E-state index in [1.165, 1.54) is 20.2 Å². The van der Waals surface area contributed by atoms with Crippen LogP contribution >= 0.6 is 0 Å². The third kappa shape index (κ3) is 7.16. The van der Waals surface area contributed by atoms with Gasteiger partial charge in [-0.25, -0.2) is 0 Å². The summed E-state index contributed by atoms with van der Waals surface area (Å²) >= 11 is 0. The van der Waals surface area contributed by atoms with E-state index in [9.17, 15) is 0 Å². The summed E-state index contributed by atoms with van der Waals surface area (Å²) in [7, 11) is -0.0229. The van der Waals surface area contributed by atoms with Crippen LogP contribution in [0.3, 0.4) is 0 Å². The van der Waals surface area contributed by atoms with Crippen LogP contribution < -0.4 is 0 Å². The standard InChI is InChI=1S/C19H17S.2C3H6/c1-16-12-14-19(15-13-16)20(17-8-4-2-5-9-17)18-10-6-3-7-11-18;2*1-3-2/h2-15H,1H3;2*3H,1H2,2H3/q+1;;. The van der Waals surface area contributed by atoms with E-state index in [1.807, 2.05) is 13.8 Å². The van der Waals surface area contributed by atoms with Crippen LogP contribution in [-0.4, -0.2) is 0 Å². The molecule has 3 rings (SSSR count). The van der Waals surface area contributed by atoms with Gasteiger partial charge in [-0.1, -0.05) is 66.2 Å². The van der Waals surface area contributed by atoms with Gasteiger partial charge in [0.25, 0.3) is 0 Å². The van der Waals surface area contributed by atoms with Crippen molar-refractivity contribution in [3.8, 4) is 0 Å². The average Bonchev–Trinajstić information content (AvgIpc) is 2.67. The fraction of sp³-hybridized carbons (Fsp3) is 0.120. The van der Waals surface area contributed by atoms with Gasteiger partial charge in [0, 0.05) is 0 Å². The molecular formula is C25H29S+. The monoisotopic (exact) mass is 361 g/mol. The second-order valence-corrected chi connectivity index (χ2v) is 7.59. The second-order valence-electron chi connectivity index (χ2n) is 5.56. The van der Waals surface area contributed by atoms with Crippen molar-refractivity contribution in [3.05, 3.63) is 116 Å². The van der Waals surface area contributed by atoms with Gasteiger partial charge < -0.3 is 0 Å². The largest absolute Gasteiger partial charge is 0.166 e. The van der Waals surface area contributed by atoms with Crippen molar-refractivity contribution in [2.24, 2.45) is 0 Å². The fourth-order valence-corrected chi connectivity index (χ4v) is 4.28. The van der Waals surface area contributed by atoms with Crippen LogP contribution in [-0.2, 0) is 10.9 Å². The molecule has 134 valence electrons. The number of allylic oxidation sites excluding steroid dienone is 2. The summed E-state index contributed by atoms with van der Waals surface area (Å²) in [5.74, 6) is 0. The average molecular weight is 362 g/mol. The van der Waals surface area contributed by atoms with E-state index in [2.05, 4.69) is 105 Å². The second kappa shape index (κ2) is 12.8. The SMILES string of the molecule is C=CC.C=CC.Cc1ccc([S+](c2ccccc2)c2ccccc2)cc1. The van der Waals surface area contributed by atoms with Gasteiger partial charge in [0.2, 0.25) is 0 Å². The van der Waals surface area contributed by atoms with E-state index in [-0.39, 0.29) is 10.9 Å². The van der Waals surface area contributed by atoms with E-state index in [0.717, 1.165) is 0 Å². The van der Waals surface area contributed by atoms with Crippen molar-refractivity contribution in [2.75, 3.05) is 0 Å². The van der Waals surface area contributed by atoms with Crippen LogP contribution in [0, 0.1) is 6.92 Å². The van der Waals surface area contributed by atoms with Gasteiger partial charge in [-0.05, 0) is 57.2 Å². The lowest BCUT2D eigenvalue weighted by molar-refractivity contribution is 1.30. The molecular weight excluding hydrogens is 332 g/mol. The molecule has 0 aliphatic carbocycles. The molecule has 3 aromatic carbocycles. The summed E-state index contributed by atoms with van der Waals surface area (Å²) < 4.78 is 0. The van der Waals surface area contributed by atoms with E-state index in [4.69, 9.17) is 0 Å². The zero-order valence-electron chi connectivity index (χ0n) is 16.1. The van der Waals surface area contributed by atoms with Gasteiger partial charge in [-0.15, -0.1) is 13.2 Å². The van der Waals surface area contributed by atoms with Crippen LogP contribution in [0.1, 0.15) is 19.4 Å². The highest BCUT2D eigenvalue weighted by molar-refractivity contribution is 7.97. The zero-order valence-corrected chi connectivity index (χ0v) is 16.9. The van der Waals surface area contributed by atoms with Crippen LogP contribution in [0.15, 0.2) is 125 Å². The Kier molecular flexibility index (Phi) is 10.6. The predicted molar refractivity (Wildman–Crippen MR) is 118 cm³/mol. The van der Waals surface area contributed by atoms with Gasteiger partial charge in [0.15, 0.2) is 14.7 Å². The van der Waals surface area contributed by atoms with Gasteiger partial charge in [-0.3, -0.25) is 0 Å². The summed E-state index contributed by atoms with van der Waals surface area (Å²) in [5.41, 5.74) is 1.30. The molecule has 0 heterocycles. The molecule has 26 heavy (non-hydrogen) atoms. The van der Waals surface area contributed by atoms with E-state index in [1.54, 1.807) is 12.2 Å². The van der Waals surface area contributed by atoms with Crippen LogP contribution in [0.2, 0.25) is 0 Å². The molecule has 0 radical (unpaired) electrons. The maximum atomic E-state index is 3.36. The minimum atomic E-state index is -0.0229. The minimum absolute atomic E-state index is 0.0229. The first-order chi connectivity index (χ1) is 12.7. The number of aryl methyl sites for hydroxylation is 1. The maximum Gasteiger partial charge on any atom is 0.166 e. The van der Waals surface area contributed by atoms with Crippen LogP contribution in [0.25, 0.3) is 0 Å². The Morgan fingerprint density at radius 1 is 0.577 bits per heavy atom. The molecule has 3 aromatic rings. The molecule has 0 aliphatic rings. The Labute approximate surface area is 162 Å². The molecule has 0 saturated carbocycles. The quantitative estimate of drug-likeness (QED) is 0.335. The molecule has 0 amide bonds. The lowest BCUT2D eigenvalue weighted by Gasteiger charge is -2.07. The predicted octanol–water partition coefficient (Wildman–Crippen LogP) is 7.48. The van der Waals surface area contributed by atoms with Crippen molar-refractivity contribution < 1.29 is 0 Å². The molecule has 0 aliphatic heterocycles. The van der Waals surface area contributed by atoms with Crippen LogP contribution in [0.5, 0.6) is 0 Å². The number of hydrogen-bond donors (Lipinski definition) is 0. The minimum Gasteiger partial charge on any atom is -0.103 e. The third-order valence-electron chi connectivity index (χ3n) is 3.21. The van der Waals surface area contributed by atoms with Crippen molar-refractivity contribution >= 4 is 10.9 Å². The molecule has 0 atom stereocenters. The Hall–Kier alpha value is -2.51. The normalized spacial score (nSPS) is 9.23. The summed E-state index contributed by atoms with van der Waals surface area (Å²) in [5, 5.41) is 0. The van der Waals surface area contributed by atoms with Crippen molar-refractivity contribution in [2.45, 2.75) is 35.5 Å². The highest BCUT2D eigenvalue weighted by atomic mass is 32.2. The molecule has 0 nitrogen and oxygen atoms in total. The van der Waals surface area contributed by atoms with Crippen LogP contribution in [0.4, 0.5) is 0 Å². The topological polar surface area (TPSA) is 0 Å². The molecule has 0 spiro atoms. The molecule has 0 bridgehead atoms. The van der Waals surface area contributed by atoms with E-state index in [0.29, 0.717) is 0 Å². The summed E-state index contributed by atoms with van der Waals surface area (Å²) in [4.78, 5) is 4.10. The zero-order chi connectivity index (χ0) is 19.2. The number of hydrogen-bond acceptors (Lipinski definition) is 0. The maximum absolute atomic E-state index is 3.36. The van der Waals surface area contributed by atoms with Crippen molar-refractivity contribution in [3.63, 3.8) is 0 Å². The molecule has 0 fully saturated rings. The van der Waals surface area contributed by atoms with Gasteiger partial charge in [0.05, 0.1) is 10.9 Å².